The van der Waals surface area contributed by atoms with Gasteiger partial charge in [0.25, 0.3) is 0 Å². The summed E-state index contributed by atoms with van der Waals surface area (Å²) in [6.45, 7) is 2.90. The van der Waals surface area contributed by atoms with Crippen molar-refractivity contribution in [3.8, 4) is 0 Å². The zero-order chi connectivity index (χ0) is 18.6. The fourth-order valence-electron chi connectivity index (χ4n) is 2.81. The van der Waals surface area contributed by atoms with Crippen molar-refractivity contribution >= 4 is 49.9 Å². The lowest BCUT2D eigenvalue weighted by Crippen LogP contribution is -2.13. The smallest absolute Gasteiger partial charge is 0.211 e. The van der Waals surface area contributed by atoms with E-state index in [0.717, 1.165) is 45.7 Å². The molecule has 138 valence electrons. The molecule has 1 aromatic heterocycles. The number of para-hydroxylation sites is 1. The fourth-order valence-corrected chi connectivity index (χ4v) is 4.62. The van der Waals surface area contributed by atoms with Crippen molar-refractivity contribution in [1.29, 1.82) is 0 Å². The lowest BCUT2D eigenvalue weighted by Gasteiger charge is -2.13. The highest BCUT2D eigenvalue weighted by atomic mass is 32.2. The fraction of sp³-hybridized carbons (Fsp3) is 0.250. The molecule has 1 N–H and O–H groups in total. The molecule has 0 bridgehead atoms. The van der Waals surface area contributed by atoms with E-state index in [-0.39, 0.29) is 0 Å². The number of amidine groups is 1. The summed E-state index contributed by atoms with van der Waals surface area (Å²) in [5.41, 5.74) is 4.18. The molecule has 4 rings (SSSR count). The summed E-state index contributed by atoms with van der Waals surface area (Å²) in [5.74, 6) is 1.13. The molecule has 5 nitrogen and oxygen atoms in total. The van der Waals surface area contributed by atoms with Crippen molar-refractivity contribution in [2.75, 3.05) is 17.6 Å². The molecule has 0 spiro atoms. The van der Waals surface area contributed by atoms with E-state index in [1.165, 1.54) is 10.2 Å². The predicted molar refractivity (Wildman–Crippen MR) is 118 cm³/mol. The normalized spacial score (nSPS) is 15.9. The second-order valence-electron chi connectivity index (χ2n) is 6.29. The van der Waals surface area contributed by atoms with E-state index >= 15 is 0 Å². The zero-order valence-electron chi connectivity index (χ0n) is 15.3. The van der Waals surface area contributed by atoms with Gasteiger partial charge in [-0.1, -0.05) is 47.4 Å². The number of aromatic nitrogens is 1. The van der Waals surface area contributed by atoms with Crippen molar-refractivity contribution in [3.05, 3.63) is 58.9 Å². The maximum absolute atomic E-state index is 4.50. The number of aliphatic imine (C=N–C) groups is 1. The molecule has 7 heteroatoms. The van der Waals surface area contributed by atoms with Gasteiger partial charge in [-0.05, 0) is 43.2 Å². The summed E-state index contributed by atoms with van der Waals surface area (Å²) in [6, 6.07) is 16.5. The van der Waals surface area contributed by atoms with Crippen molar-refractivity contribution in [2.45, 2.75) is 13.3 Å². The number of anilines is 1. The number of hydrogen-bond acceptors (Lipinski definition) is 6. The van der Waals surface area contributed by atoms with E-state index in [4.69, 9.17) is 0 Å². The maximum atomic E-state index is 4.50. The third-order valence-corrected chi connectivity index (χ3v) is 6.45. The topological polar surface area (TPSA) is 54.0 Å². The first-order chi connectivity index (χ1) is 13.2. The number of aryl methyl sites for hydroxylation is 1. The number of fused-ring (bicyclic) bond motifs is 1. The first kappa shape index (κ1) is 18.0. The Hall–Kier alpha value is -2.38. The number of nitrogens with zero attached hydrogens (tertiary/aromatic N) is 4. The molecule has 0 aliphatic carbocycles. The molecule has 0 saturated heterocycles. The molecule has 1 aliphatic heterocycles. The molecule has 0 unspecified atom stereocenters. The molecule has 0 saturated carbocycles. The van der Waals surface area contributed by atoms with Gasteiger partial charge < -0.3 is 9.88 Å². The van der Waals surface area contributed by atoms with Gasteiger partial charge in [-0.3, -0.25) is 4.99 Å². The van der Waals surface area contributed by atoms with Gasteiger partial charge in [0.05, 0.1) is 15.9 Å². The van der Waals surface area contributed by atoms with Crippen LogP contribution in [-0.4, -0.2) is 27.7 Å². The minimum Gasteiger partial charge on any atom is -0.335 e. The van der Waals surface area contributed by atoms with Gasteiger partial charge in [0.2, 0.25) is 4.80 Å². The summed E-state index contributed by atoms with van der Waals surface area (Å²) in [4.78, 5) is 5.39. The van der Waals surface area contributed by atoms with Crippen LogP contribution >= 0.6 is 23.1 Å². The lowest BCUT2D eigenvalue weighted by molar-refractivity contribution is 0.888. The van der Waals surface area contributed by atoms with Crippen LogP contribution in [0.15, 0.2) is 63.7 Å². The summed E-state index contributed by atoms with van der Waals surface area (Å²) in [6.07, 6.45) is 1.16. The number of benzene rings is 2. The Morgan fingerprint density at radius 1 is 1.15 bits per heavy atom. The summed E-state index contributed by atoms with van der Waals surface area (Å²) >= 11 is 3.42. The molecular formula is C20H21N5S2. The average molecular weight is 396 g/mol. The molecule has 0 radical (unpaired) electrons. The minimum atomic E-state index is 0.890. The van der Waals surface area contributed by atoms with Gasteiger partial charge in [0, 0.05) is 25.0 Å². The highest BCUT2D eigenvalue weighted by molar-refractivity contribution is 8.14. The largest absolute Gasteiger partial charge is 0.335 e. The van der Waals surface area contributed by atoms with Gasteiger partial charge in [-0.25, -0.2) is 0 Å². The lowest BCUT2D eigenvalue weighted by atomic mass is 10.1. The standard InChI is InChI=1S/C20H21N5S2/c1-14(23-24-20-25(2)17-6-3-4-7-18(17)27-20)15-8-10-16(11-9-15)22-19-21-12-5-13-26-19/h3-4,6-11H,5,12-13H2,1-2H3,(H,21,22)/b23-14-,24-20+. The van der Waals surface area contributed by atoms with E-state index in [1.807, 2.05) is 26.1 Å². The molecular weight excluding hydrogens is 374 g/mol. The summed E-state index contributed by atoms with van der Waals surface area (Å²) in [7, 11) is 2.02. The Bertz CT molecular complexity index is 1070. The Labute approximate surface area is 166 Å². The maximum Gasteiger partial charge on any atom is 0.211 e. The van der Waals surface area contributed by atoms with E-state index in [0.29, 0.717) is 0 Å². The van der Waals surface area contributed by atoms with Gasteiger partial charge in [0.1, 0.15) is 0 Å². The second-order valence-corrected chi connectivity index (χ2v) is 8.38. The molecule has 3 aromatic rings. The van der Waals surface area contributed by atoms with Gasteiger partial charge in [-0.15, -0.1) is 5.10 Å². The highest BCUT2D eigenvalue weighted by Gasteiger charge is 2.06. The number of thioether (sulfide) groups is 1. The number of rotatable bonds is 3. The molecule has 0 fully saturated rings. The summed E-state index contributed by atoms with van der Waals surface area (Å²) < 4.78 is 3.29. The van der Waals surface area contributed by atoms with Crippen LogP contribution < -0.4 is 10.1 Å². The average Bonchev–Trinajstić information content (AvgIpc) is 3.03. The first-order valence-electron chi connectivity index (χ1n) is 8.88. The van der Waals surface area contributed by atoms with Crippen LogP contribution in [0.25, 0.3) is 10.2 Å². The quantitative estimate of drug-likeness (QED) is 0.525. The van der Waals surface area contributed by atoms with Gasteiger partial charge in [0.15, 0.2) is 5.17 Å². The van der Waals surface area contributed by atoms with Crippen LogP contribution in [0, 0.1) is 0 Å². The zero-order valence-corrected chi connectivity index (χ0v) is 17.0. The van der Waals surface area contributed by atoms with E-state index in [9.17, 15) is 0 Å². The van der Waals surface area contributed by atoms with Crippen LogP contribution in [0.2, 0.25) is 0 Å². The molecule has 1 aliphatic rings. The molecule has 2 heterocycles. The molecule has 0 atom stereocenters. The Morgan fingerprint density at radius 3 is 2.70 bits per heavy atom. The van der Waals surface area contributed by atoms with Crippen molar-refractivity contribution in [1.82, 2.24) is 4.57 Å². The predicted octanol–water partition coefficient (Wildman–Crippen LogP) is 4.47. The first-order valence-corrected chi connectivity index (χ1v) is 10.7. The number of hydrogen-bond donors (Lipinski definition) is 1. The van der Waals surface area contributed by atoms with Crippen LogP contribution in [0.1, 0.15) is 18.9 Å². The van der Waals surface area contributed by atoms with Crippen LogP contribution in [-0.2, 0) is 7.05 Å². The van der Waals surface area contributed by atoms with Crippen molar-refractivity contribution < 1.29 is 0 Å². The highest BCUT2D eigenvalue weighted by Crippen LogP contribution is 2.17. The SMILES string of the molecule is C/C(=N/N=c1/sc2ccccc2n1C)c1ccc(NC2=NCCCS2)cc1. The molecule has 0 amide bonds. The van der Waals surface area contributed by atoms with Crippen LogP contribution in [0.3, 0.4) is 0 Å². The Morgan fingerprint density at radius 2 is 1.96 bits per heavy atom. The second kappa shape index (κ2) is 8.10. The Balaban J connectivity index is 1.53. The van der Waals surface area contributed by atoms with E-state index in [1.54, 1.807) is 23.1 Å². The van der Waals surface area contributed by atoms with Gasteiger partial charge >= 0.3 is 0 Å². The molecule has 2 aromatic carbocycles. The van der Waals surface area contributed by atoms with Crippen molar-refractivity contribution in [2.24, 2.45) is 22.2 Å². The summed E-state index contributed by atoms with van der Waals surface area (Å²) in [5, 5.41) is 13.3. The van der Waals surface area contributed by atoms with E-state index < -0.39 is 0 Å². The third kappa shape index (κ3) is 4.14. The number of nitrogens with one attached hydrogen (secondary N) is 1. The minimum absolute atomic E-state index is 0.890. The van der Waals surface area contributed by atoms with Crippen LogP contribution in [0.5, 0.6) is 0 Å². The monoisotopic (exact) mass is 395 g/mol. The van der Waals surface area contributed by atoms with E-state index in [2.05, 4.69) is 61.5 Å². The van der Waals surface area contributed by atoms with Gasteiger partial charge in [-0.2, -0.15) is 5.10 Å². The number of thiazole rings is 1. The van der Waals surface area contributed by atoms with Crippen LogP contribution in [0.4, 0.5) is 5.69 Å². The van der Waals surface area contributed by atoms with Crippen molar-refractivity contribution in [3.63, 3.8) is 0 Å². The third-order valence-electron chi connectivity index (χ3n) is 4.35. The molecule has 27 heavy (non-hydrogen) atoms. The Kier molecular flexibility index (Phi) is 5.40.